The minimum Gasteiger partial charge on any atom is -0.396 e. The molecule has 0 radical (unpaired) electrons. The van der Waals surface area contributed by atoms with Crippen molar-refractivity contribution in [3.05, 3.63) is 0 Å². The molecule has 0 saturated heterocycles. The van der Waals surface area contributed by atoms with Crippen molar-refractivity contribution < 1.29 is 9.84 Å². The van der Waals surface area contributed by atoms with Gasteiger partial charge in [-0.2, -0.15) is 0 Å². The molecule has 2 heteroatoms. The van der Waals surface area contributed by atoms with Crippen molar-refractivity contribution in [1.29, 1.82) is 0 Å². The highest BCUT2D eigenvalue weighted by Crippen LogP contribution is 2.24. The molecule has 0 aromatic carbocycles. The summed E-state index contributed by atoms with van der Waals surface area (Å²) in [6, 6.07) is 0. The van der Waals surface area contributed by atoms with Gasteiger partial charge in [0.2, 0.25) is 0 Å². The van der Waals surface area contributed by atoms with Gasteiger partial charge in [-0.15, -0.1) is 0 Å². The van der Waals surface area contributed by atoms with Crippen molar-refractivity contribution in [1.82, 2.24) is 0 Å². The largest absolute Gasteiger partial charge is 0.396 e. The van der Waals surface area contributed by atoms with E-state index >= 15 is 0 Å². The normalized spacial score (nSPS) is 16.5. The van der Waals surface area contributed by atoms with Crippen LogP contribution in [0.25, 0.3) is 0 Å². The highest BCUT2D eigenvalue weighted by Gasteiger charge is 2.20. The maximum Gasteiger partial charge on any atom is 0.0518 e. The first-order valence-electron chi connectivity index (χ1n) is 4.76. The van der Waals surface area contributed by atoms with Crippen LogP contribution in [0.5, 0.6) is 0 Å². The molecule has 0 aliphatic heterocycles. The molecule has 12 heavy (non-hydrogen) atoms. The van der Waals surface area contributed by atoms with E-state index in [9.17, 15) is 0 Å². The third kappa shape index (κ3) is 4.73. The topological polar surface area (TPSA) is 29.5 Å². The van der Waals surface area contributed by atoms with Crippen LogP contribution in [0.3, 0.4) is 0 Å². The molecular weight excluding hydrogens is 152 g/mol. The predicted octanol–water partition coefficient (Wildman–Crippen LogP) is 2.21. The second-order valence-corrected chi connectivity index (χ2v) is 3.99. The van der Waals surface area contributed by atoms with Gasteiger partial charge in [0.1, 0.15) is 0 Å². The van der Waals surface area contributed by atoms with Gasteiger partial charge in [-0.3, -0.25) is 0 Å². The lowest BCUT2D eigenvalue weighted by Gasteiger charge is -2.25. The van der Waals surface area contributed by atoms with Crippen LogP contribution >= 0.6 is 0 Å². The van der Waals surface area contributed by atoms with E-state index in [1.807, 2.05) is 13.8 Å². The number of aliphatic hydroxyl groups excluding tert-OH is 1. The summed E-state index contributed by atoms with van der Waals surface area (Å²) in [6.45, 7) is 9.26. The van der Waals surface area contributed by atoms with Gasteiger partial charge in [0.05, 0.1) is 6.10 Å². The number of ether oxygens (including phenoxy) is 1. The Morgan fingerprint density at radius 2 is 2.00 bits per heavy atom. The summed E-state index contributed by atoms with van der Waals surface area (Å²) >= 11 is 0. The van der Waals surface area contributed by atoms with Crippen molar-refractivity contribution >= 4 is 0 Å². The summed E-state index contributed by atoms with van der Waals surface area (Å²) in [5.74, 6) is 0. The minimum absolute atomic E-state index is 0.0505. The Bertz CT molecular complexity index is 106. The highest BCUT2D eigenvalue weighted by atomic mass is 16.5. The van der Waals surface area contributed by atoms with Gasteiger partial charge in [0, 0.05) is 13.2 Å². The maximum atomic E-state index is 9.09. The molecule has 0 spiro atoms. The second kappa shape index (κ2) is 5.55. The summed E-state index contributed by atoms with van der Waals surface area (Å²) in [5, 5.41) is 9.09. The van der Waals surface area contributed by atoms with Gasteiger partial charge in [0.15, 0.2) is 0 Å². The van der Waals surface area contributed by atoms with Crippen molar-refractivity contribution in [2.75, 3.05) is 13.2 Å². The van der Waals surface area contributed by atoms with E-state index in [-0.39, 0.29) is 12.0 Å². The smallest absolute Gasteiger partial charge is 0.0518 e. The van der Waals surface area contributed by atoms with E-state index in [1.165, 1.54) is 0 Å². The third-order valence-electron chi connectivity index (χ3n) is 2.39. The van der Waals surface area contributed by atoms with Gasteiger partial charge < -0.3 is 9.84 Å². The number of hydrogen-bond acceptors (Lipinski definition) is 2. The summed E-state index contributed by atoms with van der Waals surface area (Å²) in [5.41, 5.74) is 0.0505. The fourth-order valence-electron chi connectivity index (χ4n) is 0.909. The van der Waals surface area contributed by atoms with E-state index in [4.69, 9.17) is 9.84 Å². The molecule has 0 aliphatic rings. The van der Waals surface area contributed by atoms with Crippen LogP contribution in [0.15, 0.2) is 0 Å². The van der Waals surface area contributed by atoms with E-state index in [0.29, 0.717) is 6.10 Å². The highest BCUT2D eigenvalue weighted by molar-refractivity contribution is 4.70. The Hall–Kier alpha value is -0.0800. The molecule has 0 amide bonds. The van der Waals surface area contributed by atoms with E-state index in [1.54, 1.807) is 0 Å². The number of hydrogen-bond donors (Lipinski definition) is 1. The molecule has 1 N–H and O–H groups in total. The summed E-state index contributed by atoms with van der Waals surface area (Å²) < 4.78 is 5.43. The zero-order valence-corrected chi connectivity index (χ0v) is 8.76. The first-order chi connectivity index (χ1) is 5.54. The summed E-state index contributed by atoms with van der Waals surface area (Å²) in [7, 11) is 0. The lowest BCUT2D eigenvalue weighted by molar-refractivity contribution is 0.0350. The van der Waals surface area contributed by atoms with Gasteiger partial charge in [-0.1, -0.05) is 13.8 Å². The maximum absolute atomic E-state index is 9.09. The zero-order chi connectivity index (χ0) is 9.61. The number of rotatable bonds is 6. The minimum atomic E-state index is 0.0505. The monoisotopic (exact) mass is 174 g/mol. The first kappa shape index (κ1) is 11.9. The zero-order valence-electron chi connectivity index (χ0n) is 8.76. The van der Waals surface area contributed by atoms with E-state index in [0.717, 1.165) is 19.4 Å². The fourth-order valence-corrected chi connectivity index (χ4v) is 0.909. The van der Waals surface area contributed by atoms with Crippen molar-refractivity contribution in [2.24, 2.45) is 5.41 Å². The van der Waals surface area contributed by atoms with Crippen LogP contribution < -0.4 is 0 Å². The Morgan fingerprint density at radius 1 is 1.42 bits per heavy atom. The SMILES string of the molecule is CCC(C)(CO)CCOC(C)C. The molecule has 2 nitrogen and oxygen atoms in total. The molecule has 1 unspecified atom stereocenters. The summed E-state index contributed by atoms with van der Waals surface area (Å²) in [6.07, 6.45) is 2.24. The van der Waals surface area contributed by atoms with Crippen molar-refractivity contribution in [2.45, 2.75) is 46.6 Å². The number of aliphatic hydroxyl groups is 1. The molecule has 0 saturated carbocycles. The average molecular weight is 174 g/mol. The van der Waals surface area contributed by atoms with Crippen molar-refractivity contribution in [3.63, 3.8) is 0 Å². The Morgan fingerprint density at radius 3 is 2.33 bits per heavy atom. The van der Waals surface area contributed by atoms with Gasteiger partial charge in [0.25, 0.3) is 0 Å². The van der Waals surface area contributed by atoms with Gasteiger partial charge in [-0.25, -0.2) is 0 Å². The molecule has 0 heterocycles. The lowest BCUT2D eigenvalue weighted by atomic mass is 9.85. The molecular formula is C10H22O2. The first-order valence-corrected chi connectivity index (χ1v) is 4.76. The molecule has 0 rings (SSSR count). The van der Waals surface area contributed by atoms with E-state index in [2.05, 4.69) is 13.8 Å². The fraction of sp³-hybridized carbons (Fsp3) is 1.00. The van der Waals surface area contributed by atoms with Crippen LogP contribution in [-0.4, -0.2) is 24.4 Å². The molecule has 0 aliphatic carbocycles. The van der Waals surface area contributed by atoms with Crippen LogP contribution in [0, 0.1) is 5.41 Å². The van der Waals surface area contributed by atoms with Crippen molar-refractivity contribution in [3.8, 4) is 0 Å². The van der Waals surface area contributed by atoms with Crippen LogP contribution in [0.1, 0.15) is 40.5 Å². The van der Waals surface area contributed by atoms with Crippen LogP contribution in [0.2, 0.25) is 0 Å². The molecule has 0 bridgehead atoms. The molecule has 74 valence electrons. The molecule has 0 aromatic rings. The predicted molar refractivity (Wildman–Crippen MR) is 51.2 cm³/mol. The standard InChI is InChI=1S/C10H22O2/c1-5-10(4,8-11)6-7-12-9(2)3/h9,11H,5-8H2,1-4H3. The quantitative estimate of drug-likeness (QED) is 0.669. The average Bonchev–Trinajstić information content (AvgIpc) is 2.03. The van der Waals surface area contributed by atoms with Crippen LogP contribution in [-0.2, 0) is 4.74 Å². The Labute approximate surface area is 75.9 Å². The van der Waals surface area contributed by atoms with Gasteiger partial charge in [-0.05, 0) is 32.1 Å². The second-order valence-electron chi connectivity index (χ2n) is 3.99. The van der Waals surface area contributed by atoms with Gasteiger partial charge >= 0.3 is 0 Å². The Balaban J connectivity index is 3.58. The Kier molecular flexibility index (Phi) is 5.51. The molecule has 1 atom stereocenters. The van der Waals surface area contributed by atoms with Crippen LogP contribution in [0.4, 0.5) is 0 Å². The molecule has 0 fully saturated rings. The lowest BCUT2D eigenvalue weighted by Crippen LogP contribution is -2.23. The summed E-state index contributed by atoms with van der Waals surface area (Å²) in [4.78, 5) is 0. The van der Waals surface area contributed by atoms with E-state index < -0.39 is 0 Å². The molecule has 0 aromatic heterocycles. The third-order valence-corrected chi connectivity index (χ3v) is 2.39.